The van der Waals surface area contributed by atoms with Crippen molar-refractivity contribution < 1.29 is 33.4 Å². The van der Waals surface area contributed by atoms with Gasteiger partial charge in [0.05, 0.1) is 37.5 Å². The molecule has 0 fully saturated rings. The van der Waals surface area contributed by atoms with E-state index in [0.29, 0.717) is 47.7 Å². The molecule has 0 aliphatic carbocycles. The number of anilines is 1. The molecule has 3 rings (SSSR count). The third kappa shape index (κ3) is 9.03. The summed E-state index contributed by atoms with van der Waals surface area (Å²) in [6, 6.07) is 4.70. The number of hydrogen-bond donors (Lipinski definition) is 4. The van der Waals surface area contributed by atoms with Gasteiger partial charge < -0.3 is 35.6 Å². The Hall–Kier alpha value is -4.92. The van der Waals surface area contributed by atoms with Crippen LogP contribution in [0.5, 0.6) is 5.75 Å². The van der Waals surface area contributed by atoms with Crippen LogP contribution in [0.2, 0.25) is 0 Å². The molecule has 43 heavy (non-hydrogen) atoms. The summed E-state index contributed by atoms with van der Waals surface area (Å²) in [5, 5.41) is 9.65. The highest BCUT2D eigenvalue weighted by Crippen LogP contribution is 2.31. The molecule has 0 spiro atoms. The number of fused-ring (bicyclic) bond motifs is 1. The second kappa shape index (κ2) is 15.9. The van der Waals surface area contributed by atoms with Crippen LogP contribution in [0.1, 0.15) is 53.2 Å². The summed E-state index contributed by atoms with van der Waals surface area (Å²) in [5.41, 5.74) is 13.3. The average Bonchev–Trinajstić information content (AvgIpc) is 3.52. The molecule has 0 unspecified atom stereocenters. The van der Waals surface area contributed by atoms with Crippen LogP contribution in [0, 0.1) is 6.92 Å². The Kier molecular flexibility index (Phi) is 12.1. The number of primary amides is 1. The Morgan fingerprint density at radius 2 is 1.86 bits per heavy atom. The Bertz CT molecular complexity index is 1480. The number of nitrogens with zero attached hydrogens (tertiary/aromatic N) is 4. The van der Waals surface area contributed by atoms with Crippen molar-refractivity contribution in [1.82, 2.24) is 24.6 Å². The number of alkyl carbamates (subject to hydrolysis) is 1. The van der Waals surface area contributed by atoms with Gasteiger partial charge in [-0.25, -0.2) is 9.78 Å². The van der Waals surface area contributed by atoms with E-state index in [4.69, 9.17) is 25.7 Å². The number of esters is 1. The predicted octanol–water partition coefficient (Wildman–Crippen LogP) is 1.88. The molecule has 0 saturated heterocycles. The minimum Gasteiger partial charge on any atom is -0.491 e. The zero-order chi connectivity index (χ0) is 31.4. The maximum Gasteiger partial charge on any atom is 0.407 e. The molecule has 0 bridgehead atoms. The normalized spacial score (nSPS) is 11.1. The fourth-order valence-electron chi connectivity index (χ4n) is 4.12. The number of benzene rings is 1. The molecule has 2 heterocycles. The molecule has 0 radical (unpaired) electrons. The zero-order valence-electron chi connectivity index (χ0n) is 24.6. The first kappa shape index (κ1) is 32.6. The van der Waals surface area contributed by atoms with E-state index in [2.05, 4.69) is 20.7 Å². The van der Waals surface area contributed by atoms with E-state index < -0.39 is 23.9 Å². The average molecular weight is 599 g/mol. The Morgan fingerprint density at radius 3 is 2.56 bits per heavy atom. The highest BCUT2D eigenvalue weighted by atomic mass is 16.6. The van der Waals surface area contributed by atoms with Crippen molar-refractivity contribution in [2.75, 3.05) is 38.2 Å². The fourth-order valence-corrected chi connectivity index (χ4v) is 4.12. The minimum atomic E-state index is -0.681. The third-order valence-electron chi connectivity index (χ3n) is 6.02. The Labute approximate surface area is 248 Å². The lowest BCUT2D eigenvalue weighted by atomic mass is 10.1. The Morgan fingerprint density at radius 1 is 1.07 bits per heavy atom. The van der Waals surface area contributed by atoms with E-state index in [1.165, 1.54) is 12.1 Å². The summed E-state index contributed by atoms with van der Waals surface area (Å²) in [5.74, 6) is -0.979. The summed E-state index contributed by atoms with van der Waals surface area (Å²) >= 11 is 0. The lowest BCUT2D eigenvalue weighted by Crippen LogP contribution is -2.27. The highest BCUT2D eigenvalue weighted by Gasteiger charge is 2.21. The number of allylic oxidation sites excluding steroid dienone is 1. The molecule has 0 atom stereocenters. The Balaban J connectivity index is 1.78. The summed E-state index contributed by atoms with van der Waals surface area (Å²) < 4.78 is 19.2. The molecule has 6 N–H and O–H groups in total. The number of carbonyl (C=O) groups excluding carboxylic acids is 4. The number of aryl methyl sites for hydroxylation is 2. The van der Waals surface area contributed by atoms with Crippen molar-refractivity contribution in [3.63, 3.8) is 0 Å². The largest absolute Gasteiger partial charge is 0.491 e. The summed E-state index contributed by atoms with van der Waals surface area (Å²) in [4.78, 5) is 53.1. The van der Waals surface area contributed by atoms with Crippen LogP contribution in [0.3, 0.4) is 0 Å². The van der Waals surface area contributed by atoms with Crippen LogP contribution in [0.25, 0.3) is 11.0 Å². The number of imidazole rings is 1. The van der Waals surface area contributed by atoms with Gasteiger partial charge in [0.25, 0.3) is 5.91 Å². The molecule has 15 nitrogen and oxygen atoms in total. The first-order chi connectivity index (χ1) is 20.7. The van der Waals surface area contributed by atoms with Gasteiger partial charge >= 0.3 is 12.1 Å². The molecule has 1 aromatic carbocycles. The first-order valence-corrected chi connectivity index (χ1v) is 13.9. The SMILES string of the molecule is CCOC(=O)CCNC(=O)OCCCOc1cc(C(N)=O)cc2nc(NC(=O)c3cc(C)nn3CC)n(C/C=C/CN)c12. The van der Waals surface area contributed by atoms with Crippen LogP contribution in [0.4, 0.5) is 10.7 Å². The quantitative estimate of drug-likeness (QED) is 0.107. The molecule has 232 valence electrons. The van der Waals surface area contributed by atoms with E-state index in [-0.39, 0.29) is 50.8 Å². The van der Waals surface area contributed by atoms with Gasteiger partial charge in [0.15, 0.2) is 0 Å². The van der Waals surface area contributed by atoms with Gasteiger partial charge in [0, 0.05) is 38.2 Å². The fraction of sp³-hybridized carbons (Fsp3) is 0.429. The van der Waals surface area contributed by atoms with Crippen molar-refractivity contribution >= 4 is 40.9 Å². The number of ether oxygens (including phenoxy) is 3. The van der Waals surface area contributed by atoms with Crippen LogP contribution in [0.15, 0.2) is 30.4 Å². The molecule has 0 saturated carbocycles. The lowest BCUT2D eigenvalue weighted by molar-refractivity contribution is -0.142. The van der Waals surface area contributed by atoms with Crippen molar-refractivity contribution in [2.45, 2.75) is 46.7 Å². The molecule has 0 aliphatic heterocycles. The first-order valence-electron chi connectivity index (χ1n) is 13.9. The maximum atomic E-state index is 13.2. The molecule has 3 amide bonds. The van der Waals surface area contributed by atoms with Gasteiger partial charge in [0.1, 0.15) is 17.0 Å². The number of carbonyl (C=O) groups is 4. The molecule has 15 heteroatoms. The van der Waals surface area contributed by atoms with Crippen molar-refractivity contribution in [2.24, 2.45) is 11.5 Å². The van der Waals surface area contributed by atoms with Gasteiger partial charge in [-0.15, -0.1) is 0 Å². The van der Waals surface area contributed by atoms with Crippen LogP contribution >= 0.6 is 0 Å². The summed E-state index contributed by atoms with van der Waals surface area (Å²) in [7, 11) is 0. The number of rotatable bonds is 16. The van der Waals surface area contributed by atoms with E-state index in [9.17, 15) is 19.2 Å². The summed E-state index contributed by atoms with van der Waals surface area (Å²) in [6.07, 6.45) is 3.26. The second-order valence-corrected chi connectivity index (χ2v) is 9.22. The van der Waals surface area contributed by atoms with E-state index >= 15 is 0 Å². The highest BCUT2D eigenvalue weighted by molar-refractivity contribution is 6.04. The van der Waals surface area contributed by atoms with Crippen LogP contribution in [-0.4, -0.2) is 76.1 Å². The molecule has 2 aromatic heterocycles. The number of amides is 3. The molecular formula is C28H38N8O7. The van der Waals surface area contributed by atoms with E-state index in [1.54, 1.807) is 35.2 Å². The van der Waals surface area contributed by atoms with Crippen LogP contribution in [-0.2, 0) is 27.4 Å². The van der Waals surface area contributed by atoms with Crippen molar-refractivity contribution in [1.29, 1.82) is 0 Å². The minimum absolute atomic E-state index is 0.0359. The number of nitrogens with two attached hydrogens (primary N) is 2. The van der Waals surface area contributed by atoms with Gasteiger partial charge in [-0.1, -0.05) is 12.2 Å². The third-order valence-corrected chi connectivity index (χ3v) is 6.02. The van der Waals surface area contributed by atoms with Gasteiger partial charge in [-0.05, 0) is 39.0 Å². The zero-order valence-corrected chi connectivity index (χ0v) is 24.6. The van der Waals surface area contributed by atoms with E-state index in [0.717, 1.165) is 0 Å². The smallest absolute Gasteiger partial charge is 0.407 e. The molecule has 3 aromatic rings. The predicted molar refractivity (Wildman–Crippen MR) is 158 cm³/mol. The topological polar surface area (TPSA) is 208 Å². The van der Waals surface area contributed by atoms with Gasteiger partial charge in [0.2, 0.25) is 11.9 Å². The standard InChI is InChI=1S/C28H38N8O7/c1-4-36-21(15-18(3)34-36)26(39)33-27-32-20-16-19(25(30)38)17-22(24(20)35(27)12-7-6-10-29)42-13-8-14-43-28(40)31-11-9-23(37)41-5-2/h6-7,15-17H,4-5,8-14,29H2,1-3H3,(H2,30,38)(H,31,40)(H,32,33,39)/b7-6+. The van der Waals surface area contributed by atoms with E-state index in [1.807, 2.05) is 13.0 Å². The number of nitrogens with one attached hydrogen (secondary N) is 2. The van der Waals surface area contributed by atoms with Crippen molar-refractivity contribution in [3.05, 3.63) is 47.3 Å². The summed E-state index contributed by atoms with van der Waals surface area (Å²) in [6.45, 7) is 7.01. The number of aromatic nitrogens is 4. The molecule has 0 aliphatic rings. The van der Waals surface area contributed by atoms with Crippen molar-refractivity contribution in [3.8, 4) is 5.75 Å². The maximum absolute atomic E-state index is 13.2. The second-order valence-electron chi connectivity index (χ2n) is 9.22. The lowest BCUT2D eigenvalue weighted by Gasteiger charge is -2.13. The monoisotopic (exact) mass is 598 g/mol. The van der Waals surface area contributed by atoms with Gasteiger partial charge in [-0.3, -0.25) is 24.4 Å². The number of hydrogen-bond acceptors (Lipinski definition) is 10. The molecular weight excluding hydrogens is 560 g/mol. The van der Waals surface area contributed by atoms with Crippen LogP contribution < -0.4 is 26.8 Å². The van der Waals surface area contributed by atoms with Gasteiger partial charge in [-0.2, -0.15) is 5.10 Å².